The van der Waals surface area contributed by atoms with Crippen LogP contribution in [0.2, 0.25) is 0 Å². The summed E-state index contributed by atoms with van der Waals surface area (Å²) in [4.78, 5) is 30.2. The van der Waals surface area contributed by atoms with Crippen LogP contribution < -0.4 is 0 Å². The summed E-state index contributed by atoms with van der Waals surface area (Å²) in [6.45, 7) is 0. The molecular formula is C60H39N7. The van der Waals surface area contributed by atoms with Gasteiger partial charge in [0.15, 0.2) is 34.9 Å². The molecule has 0 amide bonds. The molecular weight excluding hydrogens is 819 g/mol. The summed E-state index contributed by atoms with van der Waals surface area (Å²) in [6, 6.07) is 66.2. The minimum absolute atomic E-state index is 0.0766. The Morgan fingerprint density at radius 1 is 0.284 bits per heavy atom. The van der Waals surface area contributed by atoms with E-state index >= 15 is 0 Å². The van der Waals surface area contributed by atoms with Gasteiger partial charge in [-0.15, -0.1) is 0 Å². The fourth-order valence-corrected chi connectivity index (χ4v) is 8.58. The van der Waals surface area contributed by atoms with Crippen LogP contribution in [-0.4, -0.2) is 34.5 Å². The fraction of sp³-hybridized carbons (Fsp3) is 0. The van der Waals surface area contributed by atoms with Crippen LogP contribution in [0.4, 0.5) is 0 Å². The highest BCUT2D eigenvalue weighted by Gasteiger charge is 2.23. The molecule has 0 atom stereocenters. The molecule has 0 spiro atoms. The average Bonchev–Trinajstić information content (AvgIpc) is 3.77. The molecule has 7 nitrogen and oxygen atoms in total. The number of rotatable bonds is 9. The maximum atomic E-state index is 9.05. The van der Waals surface area contributed by atoms with Gasteiger partial charge in [0.1, 0.15) is 0 Å². The number of aromatic nitrogens is 7. The monoisotopic (exact) mass is 862 g/mol. The lowest BCUT2D eigenvalue weighted by molar-refractivity contribution is 1.06. The molecule has 7 heteroatoms. The van der Waals surface area contributed by atoms with Crippen LogP contribution in [0.1, 0.15) is 6.85 Å². The Labute approximate surface area is 394 Å². The summed E-state index contributed by atoms with van der Waals surface area (Å²) in [5.74, 6) is 1.75. The molecule has 9 aromatic carbocycles. The van der Waals surface area contributed by atoms with Crippen LogP contribution in [0.15, 0.2) is 236 Å². The fourth-order valence-electron chi connectivity index (χ4n) is 8.58. The zero-order chi connectivity index (χ0) is 48.9. The molecule has 0 fully saturated rings. The SMILES string of the molecule is [2H]c1c([2H])c([2H])c(-c2nc(-c3ccccc3)nc(-c3cc(-c4nc(-c5ccccc5)nc(-c5ccccc5)n4)ccc3-n3c4ccc(-c5ccccc5)cc4c4cc(-c5ccccc5)ccc43)n2)c([2H])c1[2H]. The molecule has 0 bridgehead atoms. The Balaban J connectivity index is 1.17. The predicted molar refractivity (Wildman–Crippen MR) is 271 cm³/mol. The molecule has 314 valence electrons. The van der Waals surface area contributed by atoms with Gasteiger partial charge in [-0.1, -0.05) is 194 Å². The van der Waals surface area contributed by atoms with E-state index in [1.54, 1.807) is 0 Å². The first kappa shape index (κ1) is 34.2. The predicted octanol–water partition coefficient (Wildman–Crippen LogP) is 14.5. The van der Waals surface area contributed by atoms with Crippen LogP contribution in [0.25, 0.3) is 118 Å². The van der Waals surface area contributed by atoms with Gasteiger partial charge in [-0.05, 0) is 64.7 Å². The summed E-state index contributed by atoms with van der Waals surface area (Å²) in [5, 5.41) is 2.05. The maximum absolute atomic E-state index is 9.05. The first-order valence-corrected chi connectivity index (χ1v) is 21.9. The highest BCUT2D eigenvalue weighted by molar-refractivity contribution is 6.12. The largest absolute Gasteiger partial charge is 0.308 e. The van der Waals surface area contributed by atoms with Crippen molar-refractivity contribution in [2.24, 2.45) is 0 Å². The van der Waals surface area contributed by atoms with E-state index in [1.807, 2.05) is 146 Å². The van der Waals surface area contributed by atoms with Gasteiger partial charge in [0.2, 0.25) is 0 Å². The van der Waals surface area contributed by atoms with Gasteiger partial charge in [-0.3, -0.25) is 0 Å². The van der Waals surface area contributed by atoms with Crippen molar-refractivity contribution in [1.82, 2.24) is 34.5 Å². The van der Waals surface area contributed by atoms with Crippen molar-refractivity contribution in [3.63, 3.8) is 0 Å². The summed E-state index contributed by atoms with van der Waals surface area (Å²) in [6.07, 6.45) is 0. The van der Waals surface area contributed by atoms with Gasteiger partial charge in [-0.25, -0.2) is 29.9 Å². The van der Waals surface area contributed by atoms with E-state index < -0.39 is 30.2 Å². The molecule has 0 radical (unpaired) electrons. The Kier molecular flexibility index (Phi) is 8.72. The lowest BCUT2D eigenvalue weighted by Crippen LogP contribution is -2.05. The zero-order valence-corrected chi connectivity index (χ0v) is 35.8. The minimum atomic E-state index is -0.513. The molecule has 67 heavy (non-hydrogen) atoms. The van der Waals surface area contributed by atoms with E-state index in [0.29, 0.717) is 39.9 Å². The van der Waals surface area contributed by atoms with Gasteiger partial charge < -0.3 is 4.57 Å². The third kappa shape index (κ3) is 7.60. The first-order chi connectivity index (χ1) is 35.3. The number of nitrogens with zero attached hydrogens (tertiary/aromatic N) is 7. The zero-order valence-electron chi connectivity index (χ0n) is 40.8. The Morgan fingerprint density at radius 3 is 1.07 bits per heavy atom. The molecule has 0 unspecified atom stereocenters. The summed E-state index contributed by atoms with van der Waals surface area (Å²) < 4.78 is 45.9. The highest BCUT2D eigenvalue weighted by atomic mass is 15.1. The van der Waals surface area contributed by atoms with Gasteiger partial charge in [0.25, 0.3) is 0 Å². The molecule has 0 aliphatic heterocycles. The molecule has 0 aliphatic carbocycles. The Hall–Kier alpha value is -9.20. The second-order valence-corrected chi connectivity index (χ2v) is 16.0. The normalized spacial score (nSPS) is 12.3. The number of hydrogen-bond donors (Lipinski definition) is 0. The van der Waals surface area contributed by atoms with E-state index in [-0.39, 0.29) is 23.0 Å². The van der Waals surface area contributed by atoms with Crippen molar-refractivity contribution in [2.75, 3.05) is 0 Å². The summed E-state index contributed by atoms with van der Waals surface area (Å²) >= 11 is 0. The van der Waals surface area contributed by atoms with Crippen LogP contribution in [0, 0.1) is 0 Å². The van der Waals surface area contributed by atoms with Crippen LogP contribution in [0.5, 0.6) is 0 Å². The van der Waals surface area contributed by atoms with E-state index in [2.05, 4.69) is 65.2 Å². The number of benzene rings is 9. The topological polar surface area (TPSA) is 82.3 Å². The quantitative estimate of drug-likeness (QED) is 0.144. The minimum Gasteiger partial charge on any atom is -0.308 e. The van der Waals surface area contributed by atoms with Gasteiger partial charge >= 0.3 is 0 Å². The number of hydrogen-bond acceptors (Lipinski definition) is 6. The molecule has 12 aromatic rings. The van der Waals surface area contributed by atoms with E-state index in [1.165, 1.54) is 0 Å². The van der Waals surface area contributed by atoms with Gasteiger partial charge in [0, 0.05) is 44.2 Å². The van der Waals surface area contributed by atoms with Gasteiger partial charge in [0.05, 0.1) is 23.6 Å². The van der Waals surface area contributed by atoms with Crippen LogP contribution in [0.3, 0.4) is 0 Å². The molecule has 0 aliphatic rings. The smallest absolute Gasteiger partial charge is 0.166 e. The van der Waals surface area contributed by atoms with E-state index in [9.17, 15) is 0 Å². The van der Waals surface area contributed by atoms with Crippen LogP contribution >= 0.6 is 0 Å². The first-order valence-electron chi connectivity index (χ1n) is 24.4. The van der Waals surface area contributed by atoms with Crippen molar-refractivity contribution in [1.29, 1.82) is 0 Å². The second kappa shape index (κ2) is 17.1. The molecule has 0 saturated carbocycles. The van der Waals surface area contributed by atoms with Crippen molar-refractivity contribution in [3.8, 4) is 96.3 Å². The summed E-state index contributed by atoms with van der Waals surface area (Å²) in [7, 11) is 0. The lowest BCUT2D eigenvalue weighted by atomic mass is 10.0. The van der Waals surface area contributed by atoms with E-state index in [4.69, 9.17) is 36.8 Å². The van der Waals surface area contributed by atoms with Gasteiger partial charge in [-0.2, -0.15) is 0 Å². The molecule has 0 N–H and O–H groups in total. The summed E-state index contributed by atoms with van der Waals surface area (Å²) in [5.41, 5.74) is 10.2. The molecule has 3 heterocycles. The molecule has 12 rings (SSSR count). The Bertz CT molecular complexity index is 3840. The van der Waals surface area contributed by atoms with Crippen molar-refractivity contribution < 1.29 is 6.85 Å². The van der Waals surface area contributed by atoms with Crippen molar-refractivity contribution >= 4 is 21.8 Å². The Morgan fingerprint density at radius 2 is 0.642 bits per heavy atom. The lowest BCUT2D eigenvalue weighted by Gasteiger charge is -2.16. The third-order valence-electron chi connectivity index (χ3n) is 11.8. The van der Waals surface area contributed by atoms with Crippen molar-refractivity contribution in [2.45, 2.75) is 0 Å². The average molecular weight is 863 g/mol. The standard InChI is InChI=1S/C60H39N7/c1-7-19-40(20-8-1)46-31-34-52-49(37-46)50-38-47(41-21-9-2-10-22-41)32-35-53(50)67(52)54-36-33-48(59-63-55(42-23-11-3-12-24-42)61-56(64-59)43-25-13-4-14-26-43)39-51(54)60-65-57(44-27-15-5-16-28-44)62-58(66-60)45-29-17-6-18-30-45/h1-39H/i5D,15D,16D,27D,28D. The van der Waals surface area contributed by atoms with Crippen LogP contribution in [-0.2, 0) is 0 Å². The van der Waals surface area contributed by atoms with E-state index in [0.717, 1.165) is 55.2 Å². The molecule has 3 aromatic heterocycles. The van der Waals surface area contributed by atoms with Crippen molar-refractivity contribution in [3.05, 3.63) is 236 Å². The molecule has 0 saturated heterocycles. The second-order valence-electron chi connectivity index (χ2n) is 16.0. The highest BCUT2D eigenvalue weighted by Crippen LogP contribution is 2.41. The maximum Gasteiger partial charge on any atom is 0.166 e. The number of fused-ring (bicyclic) bond motifs is 3. The third-order valence-corrected chi connectivity index (χ3v) is 11.8.